The maximum absolute atomic E-state index is 12.0. The number of hydrogen-bond donors (Lipinski definition) is 1. The van der Waals surface area contributed by atoms with E-state index in [1.165, 1.54) is 12.1 Å². The molecule has 7 heteroatoms. The van der Waals surface area contributed by atoms with E-state index < -0.39 is 12.8 Å². The van der Waals surface area contributed by atoms with E-state index in [0.29, 0.717) is 17.3 Å². The first-order valence-corrected chi connectivity index (χ1v) is 6.05. The highest BCUT2D eigenvalue weighted by Gasteiger charge is 2.28. The first-order chi connectivity index (χ1) is 8.57. The Morgan fingerprint density at radius 1 is 1.26 bits per heavy atom. The minimum atomic E-state index is -4.38. The Hall–Kier alpha value is -1.01. The van der Waals surface area contributed by atoms with Gasteiger partial charge in [-0.05, 0) is 26.8 Å². The summed E-state index contributed by atoms with van der Waals surface area (Å²) in [6.07, 6.45) is -4.38. The van der Waals surface area contributed by atoms with Crippen molar-refractivity contribution in [1.29, 1.82) is 0 Å². The molecule has 108 valence electrons. The number of aromatic nitrogens is 1. The summed E-state index contributed by atoms with van der Waals surface area (Å²) in [5, 5.41) is 3.54. The SMILES string of the molecule is CC(C)(C)NCc1nc(OCC(F)(F)F)ccc1Cl. The topological polar surface area (TPSA) is 34.2 Å². The number of ether oxygens (including phenoxy) is 1. The van der Waals surface area contributed by atoms with Crippen LogP contribution in [0.15, 0.2) is 12.1 Å². The van der Waals surface area contributed by atoms with Gasteiger partial charge in [0.05, 0.1) is 10.7 Å². The standard InChI is InChI=1S/C12H16ClF3N2O/c1-11(2,3)17-6-9-8(13)4-5-10(18-9)19-7-12(14,15)16/h4-5,17H,6-7H2,1-3H3. The Bertz CT molecular complexity index is 430. The minimum Gasteiger partial charge on any atom is -0.468 e. The maximum Gasteiger partial charge on any atom is 0.422 e. The van der Waals surface area contributed by atoms with Crippen molar-refractivity contribution < 1.29 is 17.9 Å². The van der Waals surface area contributed by atoms with Crippen LogP contribution in [0.2, 0.25) is 5.02 Å². The third-order valence-corrected chi connectivity index (χ3v) is 2.41. The molecule has 1 aromatic rings. The summed E-state index contributed by atoms with van der Waals surface area (Å²) in [5.41, 5.74) is 0.310. The van der Waals surface area contributed by atoms with Crippen LogP contribution in [-0.2, 0) is 6.54 Å². The van der Waals surface area contributed by atoms with Crippen molar-refractivity contribution in [2.75, 3.05) is 6.61 Å². The second-order valence-electron chi connectivity index (χ2n) is 5.09. The van der Waals surface area contributed by atoms with Crippen LogP contribution in [0.4, 0.5) is 13.2 Å². The Balaban J connectivity index is 2.71. The fraction of sp³-hybridized carbons (Fsp3) is 0.583. The molecule has 0 radical (unpaired) electrons. The summed E-state index contributed by atoms with van der Waals surface area (Å²) in [7, 11) is 0. The van der Waals surface area contributed by atoms with Gasteiger partial charge in [-0.15, -0.1) is 0 Å². The third-order valence-electron chi connectivity index (χ3n) is 2.06. The van der Waals surface area contributed by atoms with Crippen LogP contribution in [0.25, 0.3) is 0 Å². The van der Waals surface area contributed by atoms with Crippen molar-refractivity contribution in [2.24, 2.45) is 0 Å². The fourth-order valence-corrected chi connectivity index (χ4v) is 1.35. The molecule has 3 nitrogen and oxygen atoms in total. The molecule has 1 aromatic heterocycles. The fourth-order valence-electron chi connectivity index (χ4n) is 1.17. The van der Waals surface area contributed by atoms with Crippen LogP contribution in [-0.4, -0.2) is 23.3 Å². The number of nitrogens with one attached hydrogen (secondary N) is 1. The average molecular weight is 297 g/mol. The summed E-state index contributed by atoms with van der Waals surface area (Å²) < 4.78 is 40.7. The lowest BCUT2D eigenvalue weighted by Crippen LogP contribution is -2.35. The number of pyridine rings is 1. The molecule has 1 heterocycles. The molecular weight excluding hydrogens is 281 g/mol. The van der Waals surface area contributed by atoms with Gasteiger partial charge in [-0.2, -0.15) is 13.2 Å². The molecule has 0 saturated heterocycles. The number of alkyl halides is 3. The average Bonchev–Trinajstić information content (AvgIpc) is 2.24. The largest absolute Gasteiger partial charge is 0.468 e. The minimum absolute atomic E-state index is 0.0903. The van der Waals surface area contributed by atoms with E-state index >= 15 is 0 Å². The van der Waals surface area contributed by atoms with Gasteiger partial charge in [0.15, 0.2) is 6.61 Å². The molecule has 0 aromatic carbocycles. The molecule has 0 aliphatic heterocycles. The van der Waals surface area contributed by atoms with Gasteiger partial charge in [0.25, 0.3) is 0 Å². The van der Waals surface area contributed by atoms with Crippen LogP contribution >= 0.6 is 11.6 Å². The summed E-state index contributed by atoms with van der Waals surface area (Å²) in [6.45, 7) is 4.88. The van der Waals surface area contributed by atoms with Crippen molar-refractivity contribution in [3.63, 3.8) is 0 Å². The van der Waals surface area contributed by atoms with Crippen molar-refractivity contribution in [3.8, 4) is 5.88 Å². The molecule has 1 rings (SSSR count). The lowest BCUT2D eigenvalue weighted by molar-refractivity contribution is -0.154. The van der Waals surface area contributed by atoms with Crippen molar-refractivity contribution in [2.45, 2.75) is 39.0 Å². The molecule has 0 atom stereocenters. The van der Waals surface area contributed by atoms with Gasteiger partial charge in [-0.1, -0.05) is 11.6 Å². The molecule has 0 aliphatic carbocycles. The summed E-state index contributed by atoms with van der Waals surface area (Å²) >= 11 is 5.93. The molecule has 19 heavy (non-hydrogen) atoms. The monoisotopic (exact) mass is 296 g/mol. The van der Waals surface area contributed by atoms with E-state index in [2.05, 4.69) is 15.0 Å². The zero-order chi connectivity index (χ0) is 14.7. The van der Waals surface area contributed by atoms with Crippen LogP contribution in [0.1, 0.15) is 26.5 Å². The van der Waals surface area contributed by atoms with Gasteiger partial charge in [0, 0.05) is 18.2 Å². The Labute approximate surface area is 115 Å². The summed E-state index contributed by atoms with van der Waals surface area (Å²) in [6, 6.07) is 2.79. The van der Waals surface area contributed by atoms with E-state index in [1.807, 2.05) is 20.8 Å². The molecule has 0 bridgehead atoms. The van der Waals surface area contributed by atoms with E-state index in [0.717, 1.165) is 0 Å². The second-order valence-corrected chi connectivity index (χ2v) is 5.49. The molecule has 0 unspecified atom stereocenters. The van der Waals surface area contributed by atoms with Gasteiger partial charge in [0.2, 0.25) is 5.88 Å². The first kappa shape index (κ1) is 16.0. The van der Waals surface area contributed by atoms with Gasteiger partial charge in [-0.25, -0.2) is 4.98 Å². The molecule has 0 aliphatic rings. The lowest BCUT2D eigenvalue weighted by atomic mass is 10.1. The smallest absolute Gasteiger partial charge is 0.422 e. The Morgan fingerprint density at radius 2 is 1.89 bits per heavy atom. The number of rotatable bonds is 4. The van der Waals surface area contributed by atoms with Gasteiger partial charge < -0.3 is 10.1 Å². The van der Waals surface area contributed by atoms with Crippen LogP contribution in [0.3, 0.4) is 0 Å². The zero-order valence-electron chi connectivity index (χ0n) is 10.9. The summed E-state index contributed by atoms with van der Waals surface area (Å²) in [5.74, 6) is -0.0903. The highest BCUT2D eigenvalue weighted by atomic mass is 35.5. The number of nitrogens with zero attached hydrogens (tertiary/aromatic N) is 1. The van der Waals surface area contributed by atoms with Crippen molar-refractivity contribution in [1.82, 2.24) is 10.3 Å². The van der Waals surface area contributed by atoms with Gasteiger partial charge >= 0.3 is 6.18 Å². The molecule has 0 amide bonds. The highest BCUT2D eigenvalue weighted by molar-refractivity contribution is 6.31. The third kappa shape index (κ3) is 6.63. The quantitative estimate of drug-likeness (QED) is 0.922. The predicted molar refractivity (Wildman–Crippen MR) is 67.4 cm³/mol. The molecule has 0 fully saturated rings. The van der Waals surface area contributed by atoms with Crippen LogP contribution in [0.5, 0.6) is 5.88 Å². The van der Waals surface area contributed by atoms with E-state index in [1.54, 1.807) is 0 Å². The lowest BCUT2D eigenvalue weighted by Gasteiger charge is -2.20. The van der Waals surface area contributed by atoms with Crippen LogP contribution in [0, 0.1) is 0 Å². The molecule has 0 spiro atoms. The Morgan fingerprint density at radius 3 is 2.42 bits per heavy atom. The molecular formula is C12H16ClF3N2O. The number of hydrogen-bond acceptors (Lipinski definition) is 3. The predicted octanol–water partition coefficient (Wildman–Crippen LogP) is 3.56. The second kappa shape index (κ2) is 5.96. The molecule has 1 N–H and O–H groups in total. The van der Waals surface area contributed by atoms with Gasteiger partial charge in [-0.3, -0.25) is 0 Å². The summed E-state index contributed by atoms with van der Waals surface area (Å²) in [4.78, 5) is 3.96. The Kier molecular flexibility index (Phi) is 5.04. The zero-order valence-corrected chi connectivity index (χ0v) is 11.7. The van der Waals surface area contributed by atoms with Crippen molar-refractivity contribution >= 4 is 11.6 Å². The first-order valence-electron chi connectivity index (χ1n) is 5.67. The molecule has 0 saturated carbocycles. The van der Waals surface area contributed by atoms with Gasteiger partial charge in [0.1, 0.15) is 0 Å². The highest BCUT2D eigenvalue weighted by Crippen LogP contribution is 2.21. The van der Waals surface area contributed by atoms with Crippen molar-refractivity contribution in [3.05, 3.63) is 22.8 Å². The van der Waals surface area contributed by atoms with E-state index in [-0.39, 0.29) is 11.4 Å². The maximum atomic E-state index is 12.0. The van der Waals surface area contributed by atoms with E-state index in [4.69, 9.17) is 11.6 Å². The van der Waals surface area contributed by atoms with E-state index in [9.17, 15) is 13.2 Å². The number of halogens is 4. The van der Waals surface area contributed by atoms with Crippen LogP contribution < -0.4 is 10.1 Å². The normalized spacial score (nSPS) is 12.6.